The molecule has 0 aliphatic heterocycles. The van der Waals surface area contributed by atoms with E-state index in [2.05, 4.69) is 19.2 Å². The molecular formula is C14H18N2O4. The van der Waals surface area contributed by atoms with Gasteiger partial charge in [-0.15, -0.1) is 0 Å². The fourth-order valence-electron chi connectivity index (χ4n) is 2.37. The van der Waals surface area contributed by atoms with Crippen LogP contribution < -0.4 is 5.32 Å². The second kappa shape index (κ2) is 5.11. The maximum absolute atomic E-state index is 11.1. The highest BCUT2D eigenvalue weighted by Crippen LogP contribution is 2.51. The number of hydrogen-bond acceptors (Lipinski definition) is 4. The molecule has 0 unspecified atom stereocenters. The number of carboxylic acid groups (broad SMARTS) is 1. The van der Waals surface area contributed by atoms with Crippen molar-refractivity contribution in [2.45, 2.75) is 26.7 Å². The third-order valence-electron chi connectivity index (χ3n) is 4.19. The molecule has 0 radical (unpaired) electrons. The standard InChI is InChI=1S/C14H18N2O4/c1-9(2)14(5-6-14)8-15-10-3-4-12(16(19)20)11(7-10)13(17)18/h3-4,7,9,15H,5-6,8H2,1-2H3,(H,17,18). The number of aromatic carboxylic acids is 1. The van der Waals surface area contributed by atoms with Crippen LogP contribution in [0, 0.1) is 21.4 Å². The van der Waals surface area contributed by atoms with Gasteiger partial charge in [-0.1, -0.05) is 13.8 Å². The minimum Gasteiger partial charge on any atom is -0.477 e. The summed E-state index contributed by atoms with van der Waals surface area (Å²) < 4.78 is 0. The smallest absolute Gasteiger partial charge is 0.342 e. The molecule has 1 aromatic carbocycles. The monoisotopic (exact) mass is 278 g/mol. The van der Waals surface area contributed by atoms with E-state index in [4.69, 9.17) is 5.11 Å². The molecule has 0 heterocycles. The fourth-order valence-corrected chi connectivity index (χ4v) is 2.37. The summed E-state index contributed by atoms with van der Waals surface area (Å²) in [7, 11) is 0. The number of benzene rings is 1. The summed E-state index contributed by atoms with van der Waals surface area (Å²) in [6, 6.07) is 4.12. The predicted octanol–water partition coefficient (Wildman–Crippen LogP) is 3.14. The summed E-state index contributed by atoms with van der Waals surface area (Å²) in [5.74, 6) is -0.725. The van der Waals surface area contributed by atoms with Crippen LogP contribution in [0.4, 0.5) is 11.4 Å². The predicted molar refractivity (Wildman–Crippen MR) is 75.1 cm³/mol. The molecule has 20 heavy (non-hydrogen) atoms. The first kappa shape index (κ1) is 14.3. The first-order chi connectivity index (χ1) is 9.35. The molecule has 2 rings (SSSR count). The molecule has 1 aromatic rings. The van der Waals surface area contributed by atoms with E-state index in [0.29, 0.717) is 11.6 Å². The lowest BCUT2D eigenvalue weighted by atomic mass is 9.92. The van der Waals surface area contributed by atoms with Gasteiger partial charge in [-0.2, -0.15) is 0 Å². The van der Waals surface area contributed by atoms with Gasteiger partial charge in [-0.25, -0.2) is 4.79 Å². The van der Waals surface area contributed by atoms with Crippen LogP contribution in [0.1, 0.15) is 37.0 Å². The molecule has 6 nitrogen and oxygen atoms in total. The quantitative estimate of drug-likeness (QED) is 0.616. The molecule has 108 valence electrons. The number of anilines is 1. The van der Waals surface area contributed by atoms with Crippen molar-refractivity contribution in [2.24, 2.45) is 11.3 Å². The third kappa shape index (κ3) is 2.74. The van der Waals surface area contributed by atoms with E-state index in [0.717, 1.165) is 19.4 Å². The van der Waals surface area contributed by atoms with E-state index in [-0.39, 0.29) is 16.7 Å². The van der Waals surface area contributed by atoms with Crippen LogP contribution >= 0.6 is 0 Å². The molecule has 0 saturated heterocycles. The van der Waals surface area contributed by atoms with Crippen molar-refractivity contribution >= 4 is 17.3 Å². The van der Waals surface area contributed by atoms with Crippen LogP contribution in [-0.2, 0) is 0 Å². The first-order valence-corrected chi connectivity index (χ1v) is 6.61. The highest BCUT2D eigenvalue weighted by Gasteiger charge is 2.44. The highest BCUT2D eigenvalue weighted by molar-refractivity contribution is 5.93. The maximum Gasteiger partial charge on any atom is 0.342 e. The van der Waals surface area contributed by atoms with E-state index < -0.39 is 10.9 Å². The van der Waals surface area contributed by atoms with Gasteiger partial charge in [0.1, 0.15) is 5.56 Å². The number of nitrogens with one attached hydrogen (secondary N) is 1. The van der Waals surface area contributed by atoms with Crippen molar-refractivity contribution < 1.29 is 14.8 Å². The van der Waals surface area contributed by atoms with Gasteiger partial charge in [0.05, 0.1) is 4.92 Å². The summed E-state index contributed by atoms with van der Waals surface area (Å²) in [5.41, 5.74) is 0.230. The summed E-state index contributed by atoms with van der Waals surface area (Å²) in [6.45, 7) is 5.11. The first-order valence-electron chi connectivity index (χ1n) is 6.61. The summed E-state index contributed by atoms with van der Waals surface area (Å²) in [6.07, 6.45) is 2.33. The molecular weight excluding hydrogens is 260 g/mol. The van der Waals surface area contributed by atoms with Crippen LogP contribution in [0.3, 0.4) is 0 Å². The Morgan fingerprint density at radius 3 is 2.60 bits per heavy atom. The summed E-state index contributed by atoms with van der Waals surface area (Å²) >= 11 is 0. The molecule has 0 spiro atoms. The molecule has 1 aliphatic carbocycles. The van der Waals surface area contributed by atoms with Gasteiger partial charge in [0.25, 0.3) is 5.69 Å². The van der Waals surface area contributed by atoms with Crippen LogP contribution in [-0.4, -0.2) is 22.5 Å². The Kier molecular flexibility index (Phi) is 3.65. The molecule has 0 atom stereocenters. The zero-order chi connectivity index (χ0) is 14.9. The van der Waals surface area contributed by atoms with Crippen molar-refractivity contribution in [3.63, 3.8) is 0 Å². The van der Waals surface area contributed by atoms with Gasteiger partial charge in [0, 0.05) is 18.3 Å². The van der Waals surface area contributed by atoms with Gasteiger partial charge in [0.2, 0.25) is 0 Å². The Hall–Kier alpha value is -2.11. The lowest BCUT2D eigenvalue weighted by molar-refractivity contribution is -0.385. The zero-order valence-electron chi connectivity index (χ0n) is 11.5. The Morgan fingerprint density at radius 2 is 2.15 bits per heavy atom. The van der Waals surface area contributed by atoms with Gasteiger partial charge < -0.3 is 10.4 Å². The topological polar surface area (TPSA) is 92.5 Å². The molecule has 0 amide bonds. The lowest BCUT2D eigenvalue weighted by Crippen LogP contribution is -2.21. The SMILES string of the molecule is CC(C)C1(CNc2ccc([N+](=O)[O-])c(C(=O)O)c2)CC1. The van der Waals surface area contributed by atoms with E-state index in [1.54, 1.807) is 6.07 Å². The Morgan fingerprint density at radius 1 is 1.50 bits per heavy atom. The average Bonchev–Trinajstić information content (AvgIpc) is 3.17. The molecule has 6 heteroatoms. The van der Waals surface area contributed by atoms with Crippen molar-refractivity contribution in [3.05, 3.63) is 33.9 Å². The van der Waals surface area contributed by atoms with Crippen LogP contribution in [0.2, 0.25) is 0 Å². The fraction of sp³-hybridized carbons (Fsp3) is 0.500. The van der Waals surface area contributed by atoms with Gasteiger partial charge in [-0.05, 0) is 36.3 Å². The molecule has 0 bridgehead atoms. The number of carbonyl (C=O) groups is 1. The van der Waals surface area contributed by atoms with E-state index in [1.807, 2.05) is 0 Å². The van der Waals surface area contributed by atoms with Gasteiger partial charge >= 0.3 is 5.97 Å². The zero-order valence-corrected chi connectivity index (χ0v) is 11.5. The second-order valence-corrected chi connectivity index (χ2v) is 5.66. The lowest BCUT2D eigenvalue weighted by Gasteiger charge is -2.20. The van der Waals surface area contributed by atoms with Crippen LogP contribution in [0.5, 0.6) is 0 Å². The van der Waals surface area contributed by atoms with Crippen LogP contribution in [0.25, 0.3) is 0 Å². The number of hydrogen-bond donors (Lipinski definition) is 2. The molecule has 1 fully saturated rings. The molecule has 2 N–H and O–H groups in total. The summed E-state index contributed by atoms with van der Waals surface area (Å²) in [4.78, 5) is 21.2. The maximum atomic E-state index is 11.1. The third-order valence-corrected chi connectivity index (χ3v) is 4.19. The number of nitro groups is 1. The molecule has 1 aliphatic rings. The van der Waals surface area contributed by atoms with E-state index >= 15 is 0 Å². The van der Waals surface area contributed by atoms with Crippen molar-refractivity contribution in [2.75, 3.05) is 11.9 Å². The van der Waals surface area contributed by atoms with Crippen LogP contribution in [0.15, 0.2) is 18.2 Å². The van der Waals surface area contributed by atoms with Crippen molar-refractivity contribution in [1.82, 2.24) is 0 Å². The van der Waals surface area contributed by atoms with Gasteiger partial charge in [-0.3, -0.25) is 10.1 Å². The molecule has 1 saturated carbocycles. The minimum atomic E-state index is -1.29. The Balaban J connectivity index is 2.16. The Bertz CT molecular complexity index is 550. The number of nitro benzene ring substituents is 1. The van der Waals surface area contributed by atoms with E-state index in [9.17, 15) is 14.9 Å². The van der Waals surface area contributed by atoms with E-state index in [1.165, 1.54) is 12.1 Å². The van der Waals surface area contributed by atoms with Crippen molar-refractivity contribution in [1.29, 1.82) is 0 Å². The normalized spacial score (nSPS) is 15.9. The number of carboxylic acids is 1. The van der Waals surface area contributed by atoms with Gasteiger partial charge in [0.15, 0.2) is 0 Å². The highest BCUT2D eigenvalue weighted by atomic mass is 16.6. The second-order valence-electron chi connectivity index (χ2n) is 5.66. The Labute approximate surface area is 117 Å². The number of nitrogens with zero attached hydrogens (tertiary/aromatic N) is 1. The molecule has 0 aromatic heterocycles. The van der Waals surface area contributed by atoms with Crippen molar-refractivity contribution in [3.8, 4) is 0 Å². The largest absolute Gasteiger partial charge is 0.477 e. The average molecular weight is 278 g/mol. The number of rotatable bonds is 6. The minimum absolute atomic E-state index is 0.283. The summed E-state index contributed by atoms with van der Waals surface area (Å²) in [5, 5.41) is 23.0.